The van der Waals surface area contributed by atoms with Crippen molar-refractivity contribution in [1.82, 2.24) is 0 Å². The number of halogens is 3. The van der Waals surface area contributed by atoms with E-state index in [1.807, 2.05) is 6.92 Å². The molecule has 0 heterocycles. The molecule has 0 unspecified atom stereocenters. The van der Waals surface area contributed by atoms with Gasteiger partial charge in [-0.2, -0.15) is 8.78 Å². The van der Waals surface area contributed by atoms with Crippen LogP contribution in [0.4, 0.5) is 8.78 Å². The van der Waals surface area contributed by atoms with Crippen molar-refractivity contribution in [1.29, 1.82) is 0 Å². The topological polar surface area (TPSA) is 18.5 Å². The number of allylic oxidation sites excluding steroid dienone is 1. The van der Waals surface area contributed by atoms with Crippen molar-refractivity contribution in [3.8, 4) is 11.5 Å². The predicted molar refractivity (Wildman–Crippen MR) is 70.6 cm³/mol. The van der Waals surface area contributed by atoms with Crippen molar-refractivity contribution >= 4 is 15.9 Å². The quantitative estimate of drug-likeness (QED) is 0.780. The summed E-state index contributed by atoms with van der Waals surface area (Å²) >= 11 is 3.37. The number of methoxy groups -OCH3 is 2. The lowest BCUT2D eigenvalue weighted by atomic mass is 9.96. The summed E-state index contributed by atoms with van der Waals surface area (Å²) < 4.78 is 35.9. The lowest BCUT2D eigenvalue weighted by Gasteiger charge is -2.16. The normalized spacial score (nSPS) is 11.9. The van der Waals surface area contributed by atoms with Crippen molar-refractivity contribution in [2.24, 2.45) is 0 Å². The molecule has 18 heavy (non-hydrogen) atoms. The Balaban J connectivity index is 3.27. The molecule has 0 N–H and O–H groups in total. The Morgan fingerprint density at radius 2 is 1.83 bits per heavy atom. The summed E-state index contributed by atoms with van der Waals surface area (Å²) in [5.41, 5.74) is 0.753. The van der Waals surface area contributed by atoms with Crippen LogP contribution in [-0.4, -0.2) is 14.2 Å². The molecule has 1 aromatic rings. The van der Waals surface area contributed by atoms with E-state index >= 15 is 0 Å². The monoisotopic (exact) mass is 320 g/mol. The van der Waals surface area contributed by atoms with Gasteiger partial charge < -0.3 is 9.47 Å². The summed E-state index contributed by atoms with van der Waals surface area (Å²) in [4.78, 5) is 0. The van der Waals surface area contributed by atoms with Crippen LogP contribution in [0.2, 0.25) is 0 Å². The molecule has 1 aromatic carbocycles. The van der Waals surface area contributed by atoms with E-state index in [1.54, 1.807) is 12.1 Å². The molecule has 0 aliphatic rings. The minimum atomic E-state index is -1.68. The highest BCUT2D eigenvalue weighted by Gasteiger charge is 2.16. The zero-order valence-corrected chi connectivity index (χ0v) is 12.1. The third kappa shape index (κ3) is 3.45. The fourth-order valence-corrected chi connectivity index (χ4v) is 2.35. The zero-order chi connectivity index (χ0) is 13.7. The van der Waals surface area contributed by atoms with Gasteiger partial charge in [-0.1, -0.05) is 22.9 Å². The molecule has 0 fully saturated rings. The highest BCUT2D eigenvalue weighted by atomic mass is 79.9. The molecule has 5 heteroatoms. The standard InChI is InChI=1S/C13H15BrF2O2/c1-4-8(5-13(15)16)9-6-11(17-2)12(18-3)7-10(9)14/h5-8H,4H2,1-3H3/t8-/m1/s1. The lowest BCUT2D eigenvalue weighted by molar-refractivity contribution is 0.354. The Bertz CT molecular complexity index is 443. The zero-order valence-electron chi connectivity index (χ0n) is 10.5. The molecular weight excluding hydrogens is 306 g/mol. The van der Waals surface area contributed by atoms with Gasteiger partial charge in [0.15, 0.2) is 11.5 Å². The summed E-state index contributed by atoms with van der Waals surface area (Å²) in [5.74, 6) is 0.735. The van der Waals surface area contributed by atoms with Crippen LogP contribution >= 0.6 is 15.9 Å². The number of hydrogen-bond donors (Lipinski definition) is 0. The van der Waals surface area contributed by atoms with Gasteiger partial charge in [0.05, 0.1) is 14.2 Å². The van der Waals surface area contributed by atoms with Crippen molar-refractivity contribution in [2.75, 3.05) is 14.2 Å². The van der Waals surface area contributed by atoms with Crippen LogP contribution in [0.5, 0.6) is 11.5 Å². The van der Waals surface area contributed by atoms with Crippen molar-refractivity contribution < 1.29 is 18.3 Å². The molecule has 0 radical (unpaired) electrons. The van der Waals surface area contributed by atoms with Crippen LogP contribution in [-0.2, 0) is 0 Å². The number of benzene rings is 1. The molecule has 2 nitrogen and oxygen atoms in total. The van der Waals surface area contributed by atoms with E-state index in [0.29, 0.717) is 17.9 Å². The van der Waals surface area contributed by atoms with Gasteiger partial charge in [0.1, 0.15) is 0 Å². The second-order valence-corrected chi connectivity index (χ2v) is 4.55. The van der Waals surface area contributed by atoms with Gasteiger partial charge in [-0.05, 0) is 30.2 Å². The van der Waals surface area contributed by atoms with Crippen molar-refractivity contribution in [3.63, 3.8) is 0 Å². The molecule has 0 saturated heterocycles. The van der Waals surface area contributed by atoms with E-state index in [-0.39, 0.29) is 5.92 Å². The van der Waals surface area contributed by atoms with Gasteiger partial charge in [0.25, 0.3) is 6.08 Å². The smallest absolute Gasteiger partial charge is 0.266 e. The third-order valence-corrected chi connectivity index (χ3v) is 3.36. The summed E-state index contributed by atoms with van der Waals surface area (Å²) in [7, 11) is 3.05. The van der Waals surface area contributed by atoms with E-state index in [4.69, 9.17) is 9.47 Å². The van der Waals surface area contributed by atoms with E-state index in [0.717, 1.165) is 16.1 Å². The first kappa shape index (κ1) is 15.0. The molecule has 0 saturated carbocycles. The van der Waals surface area contributed by atoms with Crippen LogP contribution in [0.15, 0.2) is 28.8 Å². The first-order chi connectivity index (χ1) is 8.53. The first-order valence-corrected chi connectivity index (χ1v) is 6.27. The Morgan fingerprint density at radius 3 is 2.28 bits per heavy atom. The van der Waals surface area contributed by atoms with Gasteiger partial charge in [0, 0.05) is 10.4 Å². The molecule has 0 aliphatic heterocycles. The fraction of sp³-hybridized carbons (Fsp3) is 0.385. The average molecular weight is 321 g/mol. The van der Waals surface area contributed by atoms with Crippen molar-refractivity contribution in [2.45, 2.75) is 19.3 Å². The Hall–Kier alpha value is -1.10. The maximum absolute atomic E-state index is 12.4. The summed E-state index contributed by atoms with van der Waals surface area (Å²) in [5, 5.41) is 0. The number of rotatable bonds is 5. The molecule has 0 bridgehead atoms. The second-order valence-electron chi connectivity index (χ2n) is 3.70. The maximum atomic E-state index is 12.4. The van der Waals surface area contributed by atoms with E-state index in [2.05, 4.69) is 15.9 Å². The van der Waals surface area contributed by atoms with Gasteiger partial charge in [-0.25, -0.2) is 0 Å². The van der Waals surface area contributed by atoms with E-state index in [9.17, 15) is 8.78 Å². The Kier molecular flexibility index (Phi) is 5.59. The Morgan fingerprint density at radius 1 is 1.28 bits per heavy atom. The molecule has 0 aliphatic carbocycles. The average Bonchev–Trinajstić information content (AvgIpc) is 2.35. The number of ether oxygens (including phenoxy) is 2. The van der Waals surface area contributed by atoms with Crippen LogP contribution in [0, 0.1) is 0 Å². The Labute approximate surface area is 114 Å². The SMILES string of the molecule is CC[C@H](C=C(F)F)c1cc(OC)c(OC)cc1Br. The van der Waals surface area contributed by atoms with Crippen molar-refractivity contribution in [3.05, 3.63) is 34.3 Å². The van der Waals surface area contributed by atoms with Gasteiger partial charge in [-0.3, -0.25) is 0 Å². The fourth-order valence-electron chi connectivity index (χ4n) is 1.73. The number of hydrogen-bond acceptors (Lipinski definition) is 2. The minimum absolute atomic E-state index is 0.357. The van der Waals surface area contributed by atoms with Crippen LogP contribution in [0.3, 0.4) is 0 Å². The molecule has 0 spiro atoms. The second kappa shape index (κ2) is 6.73. The third-order valence-electron chi connectivity index (χ3n) is 2.67. The minimum Gasteiger partial charge on any atom is -0.493 e. The van der Waals surface area contributed by atoms with Crippen LogP contribution < -0.4 is 9.47 Å². The molecule has 0 aromatic heterocycles. The van der Waals surface area contributed by atoms with E-state index in [1.165, 1.54) is 14.2 Å². The molecule has 0 amide bonds. The summed E-state index contributed by atoms with van der Waals surface area (Å²) in [6.07, 6.45) is -0.152. The summed E-state index contributed by atoms with van der Waals surface area (Å²) in [6.45, 7) is 1.85. The first-order valence-electron chi connectivity index (χ1n) is 5.47. The van der Waals surface area contributed by atoms with Crippen LogP contribution in [0.1, 0.15) is 24.8 Å². The van der Waals surface area contributed by atoms with Gasteiger partial charge >= 0.3 is 0 Å². The van der Waals surface area contributed by atoms with E-state index < -0.39 is 6.08 Å². The lowest BCUT2D eigenvalue weighted by Crippen LogP contribution is -1.99. The molecule has 100 valence electrons. The predicted octanol–water partition coefficient (Wildman–Crippen LogP) is 4.74. The molecule has 1 rings (SSSR count). The summed E-state index contributed by atoms with van der Waals surface area (Å²) in [6, 6.07) is 3.44. The molecule has 1 atom stereocenters. The van der Waals surface area contributed by atoms with Gasteiger partial charge in [0.2, 0.25) is 0 Å². The largest absolute Gasteiger partial charge is 0.493 e. The molecular formula is C13H15BrF2O2. The maximum Gasteiger partial charge on any atom is 0.266 e. The van der Waals surface area contributed by atoms with Crippen LogP contribution in [0.25, 0.3) is 0 Å². The highest BCUT2D eigenvalue weighted by Crippen LogP contribution is 2.38. The highest BCUT2D eigenvalue weighted by molar-refractivity contribution is 9.10. The van der Waals surface area contributed by atoms with Gasteiger partial charge in [-0.15, -0.1) is 0 Å².